The summed E-state index contributed by atoms with van der Waals surface area (Å²) in [6, 6.07) is 11.8. The van der Waals surface area contributed by atoms with Gasteiger partial charge in [0.25, 0.3) is 5.91 Å². The number of rotatable bonds is 8. The Morgan fingerprint density at radius 1 is 1.17 bits per heavy atom. The van der Waals surface area contributed by atoms with E-state index in [1.807, 2.05) is 51.4 Å². The molecule has 0 spiro atoms. The fourth-order valence-corrected chi connectivity index (χ4v) is 7.00. The van der Waals surface area contributed by atoms with E-state index < -0.39 is 18.2 Å². The number of nitrogens with one attached hydrogen (secondary N) is 1. The van der Waals surface area contributed by atoms with Crippen molar-refractivity contribution < 1.29 is 19.5 Å². The molecule has 0 bridgehead atoms. The number of hydrogen-bond donors (Lipinski definition) is 2. The second kappa shape index (κ2) is 11.7. The second-order valence-electron chi connectivity index (χ2n) is 11.4. The van der Waals surface area contributed by atoms with Gasteiger partial charge in [0.1, 0.15) is 12.1 Å². The summed E-state index contributed by atoms with van der Waals surface area (Å²) in [5, 5.41) is 13.7. The highest BCUT2D eigenvalue weighted by atomic mass is 32.1. The number of benzene rings is 2. The van der Waals surface area contributed by atoms with Crippen LogP contribution in [0.4, 0.5) is 0 Å². The maximum atomic E-state index is 14.0. The molecule has 3 aromatic rings. The van der Waals surface area contributed by atoms with Crippen molar-refractivity contribution in [2.24, 2.45) is 5.92 Å². The molecule has 41 heavy (non-hydrogen) atoms. The van der Waals surface area contributed by atoms with Crippen LogP contribution in [-0.4, -0.2) is 62.3 Å². The number of fused-ring (bicyclic) bond motifs is 1. The van der Waals surface area contributed by atoms with E-state index in [0.29, 0.717) is 12.1 Å². The molecule has 2 aliphatic heterocycles. The lowest BCUT2D eigenvalue weighted by molar-refractivity contribution is -0.143. The van der Waals surface area contributed by atoms with Gasteiger partial charge in [-0.1, -0.05) is 51.1 Å². The molecule has 8 nitrogen and oxygen atoms in total. The third kappa shape index (κ3) is 5.53. The highest BCUT2D eigenvalue weighted by Crippen LogP contribution is 2.32. The van der Waals surface area contributed by atoms with Crippen molar-refractivity contribution in [3.8, 4) is 10.4 Å². The van der Waals surface area contributed by atoms with E-state index in [-0.39, 0.29) is 42.6 Å². The fraction of sp³-hybridized carbons (Fsp3) is 0.438. The predicted molar refractivity (Wildman–Crippen MR) is 159 cm³/mol. The molecule has 9 heteroatoms. The Kier molecular flexibility index (Phi) is 8.29. The Labute approximate surface area is 245 Å². The normalized spacial score (nSPS) is 19.9. The Bertz CT molecular complexity index is 1470. The van der Waals surface area contributed by atoms with E-state index in [1.54, 1.807) is 22.3 Å². The molecular formula is C32H38N4O4S. The molecule has 3 amide bonds. The molecule has 0 aliphatic carbocycles. The van der Waals surface area contributed by atoms with E-state index in [0.717, 1.165) is 39.2 Å². The molecule has 1 fully saturated rings. The summed E-state index contributed by atoms with van der Waals surface area (Å²) in [4.78, 5) is 49.5. The zero-order valence-electron chi connectivity index (χ0n) is 24.3. The van der Waals surface area contributed by atoms with Gasteiger partial charge in [-0.2, -0.15) is 0 Å². The molecule has 1 saturated heterocycles. The molecular weight excluding hydrogens is 536 g/mol. The number of aliphatic hydroxyl groups is 1. The Morgan fingerprint density at radius 2 is 1.93 bits per heavy atom. The smallest absolute Gasteiger partial charge is 0.255 e. The number of hydrogen-bond acceptors (Lipinski definition) is 6. The van der Waals surface area contributed by atoms with Crippen molar-refractivity contribution >= 4 is 29.1 Å². The van der Waals surface area contributed by atoms with Gasteiger partial charge in [0.2, 0.25) is 11.8 Å². The monoisotopic (exact) mass is 574 g/mol. The van der Waals surface area contributed by atoms with Crippen molar-refractivity contribution in [2.75, 3.05) is 6.54 Å². The Hall–Kier alpha value is -3.56. The van der Waals surface area contributed by atoms with E-state index >= 15 is 0 Å². The van der Waals surface area contributed by atoms with Gasteiger partial charge in [0.15, 0.2) is 0 Å². The summed E-state index contributed by atoms with van der Waals surface area (Å²) in [7, 11) is 0. The Morgan fingerprint density at radius 3 is 2.59 bits per heavy atom. The van der Waals surface area contributed by atoms with E-state index in [9.17, 15) is 19.5 Å². The zero-order chi connectivity index (χ0) is 29.4. The molecule has 1 aromatic heterocycles. The van der Waals surface area contributed by atoms with Crippen molar-refractivity contribution in [3.05, 3.63) is 75.9 Å². The standard InChI is InChI=1S/C32H38N4O4S/c1-6-21-13-22(29-20(5)33-17-41-29)11-12-25(21)19(4)34-30(38)27-14-24(37)16-35(27)32(40)28(18(2)3)36-15-23-9-7-8-10-26(23)31(36)39/h7-13,17-19,24,27-28,37H,6,14-16H2,1-5H3,(H,34,38)/t19-,24+,27-,28-/m0/s1. The van der Waals surface area contributed by atoms with E-state index in [2.05, 4.69) is 35.4 Å². The molecule has 2 N–H and O–H groups in total. The molecule has 216 valence electrons. The average Bonchev–Trinajstić information content (AvgIpc) is 3.65. The summed E-state index contributed by atoms with van der Waals surface area (Å²) in [5.41, 5.74) is 7.60. The maximum Gasteiger partial charge on any atom is 0.255 e. The first-order valence-corrected chi connectivity index (χ1v) is 15.2. The number of likely N-dealkylation sites (tertiary alicyclic amines) is 1. The molecule has 3 heterocycles. The van der Waals surface area contributed by atoms with Crippen LogP contribution in [0.15, 0.2) is 48.0 Å². The SMILES string of the molecule is CCc1cc(-c2scnc2C)ccc1[C@H](C)NC(=O)[C@@H]1C[C@@H](O)CN1C(=O)[C@H](C(C)C)N1Cc2ccccc2C1=O. The molecule has 0 saturated carbocycles. The lowest BCUT2D eigenvalue weighted by Crippen LogP contribution is -2.55. The minimum absolute atomic E-state index is 0.0621. The van der Waals surface area contributed by atoms with Crippen LogP contribution >= 0.6 is 11.3 Å². The summed E-state index contributed by atoms with van der Waals surface area (Å²) >= 11 is 1.61. The minimum Gasteiger partial charge on any atom is -0.391 e. The van der Waals surface area contributed by atoms with Crippen molar-refractivity contribution in [1.29, 1.82) is 0 Å². The second-order valence-corrected chi connectivity index (χ2v) is 12.3. The highest BCUT2D eigenvalue weighted by molar-refractivity contribution is 7.13. The average molecular weight is 575 g/mol. The lowest BCUT2D eigenvalue weighted by atomic mass is 9.96. The van der Waals surface area contributed by atoms with Gasteiger partial charge in [-0.25, -0.2) is 4.98 Å². The quantitative estimate of drug-likeness (QED) is 0.413. The molecule has 2 aliphatic rings. The lowest BCUT2D eigenvalue weighted by Gasteiger charge is -2.35. The number of β-amino-alcohol motifs (C(OH)–C–C–N with tert-alkyl or cyclic N) is 1. The van der Waals surface area contributed by atoms with Crippen LogP contribution < -0.4 is 5.32 Å². The largest absolute Gasteiger partial charge is 0.391 e. The van der Waals surface area contributed by atoms with Crippen LogP contribution in [0.5, 0.6) is 0 Å². The topological polar surface area (TPSA) is 103 Å². The summed E-state index contributed by atoms with van der Waals surface area (Å²) in [6.45, 7) is 10.3. The first-order valence-electron chi connectivity index (χ1n) is 14.3. The minimum atomic E-state index is -0.814. The van der Waals surface area contributed by atoms with E-state index in [1.165, 1.54) is 4.90 Å². The van der Waals surface area contributed by atoms with Gasteiger partial charge in [-0.05, 0) is 60.6 Å². The number of thiazole rings is 1. The van der Waals surface area contributed by atoms with Crippen LogP contribution in [0, 0.1) is 12.8 Å². The number of aromatic nitrogens is 1. The highest BCUT2D eigenvalue weighted by Gasteiger charge is 2.46. The number of nitrogens with zero attached hydrogens (tertiary/aromatic N) is 3. The summed E-state index contributed by atoms with van der Waals surface area (Å²) < 4.78 is 0. The van der Waals surface area contributed by atoms with Crippen molar-refractivity contribution in [1.82, 2.24) is 20.1 Å². The summed E-state index contributed by atoms with van der Waals surface area (Å²) in [6.07, 6.45) is 0.154. The number of carbonyl (C=O) groups is 3. The van der Waals surface area contributed by atoms with E-state index in [4.69, 9.17) is 0 Å². The number of amides is 3. The maximum absolute atomic E-state index is 14.0. The van der Waals surface area contributed by atoms with Gasteiger partial charge >= 0.3 is 0 Å². The van der Waals surface area contributed by atoms with Gasteiger partial charge < -0.3 is 20.2 Å². The molecule has 0 radical (unpaired) electrons. The molecule has 5 rings (SSSR count). The molecule has 0 unspecified atom stereocenters. The van der Waals surface area contributed by atoms with Gasteiger partial charge in [-0.15, -0.1) is 11.3 Å². The third-order valence-electron chi connectivity index (χ3n) is 8.29. The van der Waals surface area contributed by atoms with Crippen LogP contribution in [0.1, 0.15) is 72.9 Å². The van der Waals surface area contributed by atoms with Crippen LogP contribution in [0.2, 0.25) is 0 Å². The first kappa shape index (κ1) is 29.0. The van der Waals surface area contributed by atoms with Gasteiger partial charge in [-0.3, -0.25) is 14.4 Å². The van der Waals surface area contributed by atoms with Crippen LogP contribution in [0.25, 0.3) is 10.4 Å². The number of aliphatic hydroxyl groups excluding tert-OH is 1. The van der Waals surface area contributed by atoms with Crippen LogP contribution in [-0.2, 0) is 22.6 Å². The van der Waals surface area contributed by atoms with Crippen LogP contribution in [0.3, 0.4) is 0 Å². The first-order chi connectivity index (χ1) is 19.6. The van der Waals surface area contributed by atoms with Gasteiger partial charge in [0.05, 0.1) is 28.2 Å². The number of aryl methyl sites for hydroxylation is 2. The zero-order valence-corrected chi connectivity index (χ0v) is 25.1. The molecule has 2 aromatic carbocycles. The molecule has 4 atom stereocenters. The fourth-order valence-electron chi connectivity index (χ4n) is 6.20. The Balaban J connectivity index is 1.34. The van der Waals surface area contributed by atoms with Gasteiger partial charge in [0, 0.05) is 25.1 Å². The van der Waals surface area contributed by atoms with Crippen molar-refractivity contribution in [2.45, 2.75) is 78.2 Å². The summed E-state index contributed by atoms with van der Waals surface area (Å²) in [5.74, 6) is -0.950. The van der Waals surface area contributed by atoms with Crippen molar-refractivity contribution in [3.63, 3.8) is 0 Å². The third-order valence-corrected chi connectivity index (χ3v) is 9.27. The number of carbonyl (C=O) groups excluding carboxylic acids is 3. The predicted octanol–water partition coefficient (Wildman–Crippen LogP) is 4.50.